The topological polar surface area (TPSA) is 68.9 Å². The first-order valence-corrected chi connectivity index (χ1v) is 5.97. The summed E-state index contributed by atoms with van der Waals surface area (Å²) in [6, 6.07) is 7.96. The van der Waals surface area contributed by atoms with Crippen molar-refractivity contribution in [1.29, 1.82) is 0 Å². The van der Waals surface area contributed by atoms with Crippen molar-refractivity contribution in [2.45, 2.75) is 6.42 Å². The van der Waals surface area contributed by atoms with Crippen LogP contribution in [0.2, 0.25) is 0 Å². The number of benzene rings is 1. The van der Waals surface area contributed by atoms with Crippen molar-refractivity contribution < 1.29 is 4.79 Å². The van der Waals surface area contributed by atoms with E-state index in [1.807, 2.05) is 24.3 Å². The molecule has 0 radical (unpaired) electrons. The van der Waals surface area contributed by atoms with E-state index in [-0.39, 0.29) is 12.3 Å². The molecule has 0 atom stereocenters. The van der Waals surface area contributed by atoms with E-state index in [0.29, 0.717) is 0 Å². The monoisotopic (exact) mass is 243 g/mol. The molecule has 0 unspecified atom stereocenters. The highest BCUT2D eigenvalue weighted by molar-refractivity contribution is 7.19. The quantitative estimate of drug-likeness (QED) is 0.746. The van der Waals surface area contributed by atoms with Crippen LogP contribution < -0.4 is 5.73 Å². The van der Waals surface area contributed by atoms with Crippen LogP contribution in [0.4, 0.5) is 0 Å². The molecule has 0 saturated carbocycles. The molecular formula is C12H9N3OS. The van der Waals surface area contributed by atoms with Crippen LogP contribution in [0.1, 0.15) is 4.88 Å². The van der Waals surface area contributed by atoms with Crippen molar-refractivity contribution in [3.8, 4) is 11.3 Å². The third-order valence-electron chi connectivity index (χ3n) is 2.61. The van der Waals surface area contributed by atoms with Crippen LogP contribution in [0.3, 0.4) is 0 Å². The maximum atomic E-state index is 11.1. The van der Waals surface area contributed by atoms with Gasteiger partial charge in [0, 0.05) is 20.5 Å². The Balaban J connectivity index is 2.34. The van der Waals surface area contributed by atoms with Crippen LogP contribution in [0.5, 0.6) is 0 Å². The number of carbonyl (C=O) groups is 1. The lowest BCUT2D eigenvalue weighted by Gasteiger charge is -2.07. The summed E-state index contributed by atoms with van der Waals surface area (Å²) in [5.74, 6) is -0.334. The number of nitrogens with zero attached hydrogens (tertiary/aromatic N) is 2. The molecule has 0 bridgehead atoms. The Morgan fingerprint density at radius 1 is 1.35 bits per heavy atom. The van der Waals surface area contributed by atoms with E-state index in [1.165, 1.54) is 0 Å². The van der Waals surface area contributed by atoms with E-state index in [4.69, 9.17) is 5.73 Å². The Hall–Kier alpha value is -2.01. The van der Waals surface area contributed by atoms with Gasteiger partial charge in [-0.25, -0.2) is 0 Å². The van der Waals surface area contributed by atoms with Crippen LogP contribution in [-0.4, -0.2) is 16.1 Å². The number of rotatable bonds is 2. The molecule has 0 aliphatic carbocycles. The zero-order valence-electron chi connectivity index (χ0n) is 8.88. The largest absolute Gasteiger partial charge is 0.369 e. The Morgan fingerprint density at radius 2 is 2.18 bits per heavy atom. The predicted octanol–water partition coefficient (Wildman–Crippen LogP) is 1.82. The van der Waals surface area contributed by atoms with Gasteiger partial charge in [-0.2, -0.15) is 5.10 Å². The zero-order valence-corrected chi connectivity index (χ0v) is 9.70. The van der Waals surface area contributed by atoms with Gasteiger partial charge in [-0.3, -0.25) is 4.79 Å². The molecule has 2 aliphatic heterocycles. The lowest BCUT2D eigenvalue weighted by molar-refractivity contribution is -0.117. The molecule has 0 saturated heterocycles. The van der Waals surface area contributed by atoms with E-state index in [0.717, 1.165) is 26.2 Å². The first kappa shape index (κ1) is 10.2. The Bertz CT molecular complexity index is 677. The second-order valence-corrected chi connectivity index (χ2v) is 4.91. The van der Waals surface area contributed by atoms with Gasteiger partial charge in [0.2, 0.25) is 5.91 Å². The maximum absolute atomic E-state index is 11.1. The van der Waals surface area contributed by atoms with Gasteiger partial charge in [0.25, 0.3) is 0 Å². The van der Waals surface area contributed by atoms with Crippen LogP contribution in [0.15, 0.2) is 30.5 Å². The highest BCUT2D eigenvalue weighted by Crippen LogP contribution is 2.36. The minimum atomic E-state index is -0.334. The van der Waals surface area contributed by atoms with Crippen molar-refractivity contribution in [1.82, 2.24) is 10.2 Å². The maximum Gasteiger partial charge on any atom is 0.222 e. The third kappa shape index (κ3) is 1.64. The molecule has 3 rings (SSSR count). The number of amides is 1. The van der Waals surface area contributed by atoms with Gasteiger partial charge in [0.15, 0.2) is 0 Å². The molecular weight excluding hydrogens is 234 g/mol. The normalized spacial score (nSPS) is 11.1. The third-order valence-corrected chi connectivity index (χ3v) is 3.80. The van der Waals surface area contributed by atoms with Gasteiger partial charge in [0.1, 0.15) is 5.69 Å². The number of nitrogens with two attached hydrogens (primary N) is 1. The number of hydrogen-bond donors (Lipinski definition) is 1. The lowest BCUT2D eigenvalue weighted by Crippen LogP contribution is -2.13. The van der Waals surface area contributed by atoms with Crippen molar-refractivity contribution in [2.24, 2.45) is 5.73 Å². The zero-order chi connectivity index (χ0) is 11.8. The summed E-state index contributed by atoms with van der Waals surface area (Å²) in [4.78, 5) is 12.0. The second kappa shape index (κ2) is 3.78. The van der Waals surface area contributed by atoms with Gasteiger partial charge >= 0.3 is 0 Å². The molecule has 0 aromatic heterocycles. The number of fused-ring (bicyclic) bond motifs is 3. The molecule has 4 nitrogen and oxygen atoms in total. The summed E-state index contributed by atoms with van der Waals surface area (Å²) in [6.45, 7) is 0. The molecule has 1 aromatic carbocycles. The molecule has 2 aliphatic rings. The van der Waals surface area contributed by atoms with Crippen molar-refractivity contribution in [3.63, 3.8) is 0 Å². The van der Waals surface area contributed by atoms with Gasteiger partial charge in [0.05, 0.1) is 12.6 Å². The first-order valence-electron chi connectivity index (χ1n) is 5.16. The van der Waals surface area contributed by atoms with Gasteiger partial charge in [-0.1, -0.05) is 18.2 Å². The van der Waals surface area contributed by atoms with E-state index < -0.39 is 0 Å². The lowest BCUT2D eigenvalue weighted by atomic mass is 10.1. The van der Waals surface area contributed by atoms with Crippen molar-refractivity contribution >= 4 is 27.3 Å². The summed E-state index contributed by atoms with van der Waals surface area (Å²) in [6.07, 6.45) is 1.93. The van der Waals surface area contributed by atoms with E-state index in [1.54, 1.807) is 17.5 Å². The molecule has 2 heterocycles. The minimum absolute atomic E-state index is 0.235. The van der Waals surface area contributed by atoms with E-state index >= 15 is 0 Å². The molecule has 2 N–H and O–H groups in total. The average Bonchev–Trinajstić information content (AvgIpc) is 2.78. The standard InChI is InChI=1S/C12H9N3OS/c13-11(16)5-10-8-6-14-15-12(8)7-3-1-2-4-9(7)17-10/h1-4,6H,5H2,(H2,13,16). The number of primary amides is 1. The van der Waals surface area contributed by atoms with Crippen molar-refractivity contribution in [3.05, 3.63) is 35.3 Å². The highest BCUT2D eigenvalue weighted by atomic mass is 32.1. The summed E-state index contributed by atoms with van der Waals surface area (Å²) in [5.41, 5.74) is 7.02. The number of carbonyl (C=O) groups excluding carboxylic acids is 1. The van der Waals surface area contributed by atoms with Crippen molar-refractivity contribution in [2.75, 3.05) is 0 Å². The second-order valence-electron chi connectivity index (χ2n) is 3.77. The summed E-state index contributed by atoms with van der Waals surface area (Å²) >= 11 is 1.57. The fraction of sp³-hybridized carbons (Fsp3) is 0.0833. The number of hydrogen-bond acceptors (Lipinski definition) is 4. The smallest absolute Gasteiger partial charge is 0.222 e. The van der Waals surface area contributed by atoms with Gasteiger partial charge < -0.3 is 5.73 Å². The molecule has 17 heavy (non-hydrogen) atoms. The summed E-state index contributed by atoms with van der Waals surface area (Å²) < 4.78 is 1.09. The Labute approximate surface area is 101 Å². The van der Waals surface area contributed by atoms with E-state index in [2.05, 4.69) is 10.2 Å². The van der Waals surface area contributed by atoms with Crippen LogP contribution >= 0.6 is 11.3 Å². The fourth-order valence-electron chi connectivity index (χ4n) is 1.89. The van der Waals surface area contributed by atoms with Crippen LogP contribution in [-0.2, 0) is 11.2 Å². The molecule has 0 spiro atoms. The Morgan fingerprint density at radius 3 is 3.00 bits per heavy atom. The fourth-order valence-corrected chi connectivity index (χ4v) is 3.05. The molecule has 1 amide bonds. The summed E-state index contributed by atoms with van der Waals surface area (Å²) in [7, 11) is 0. The highest BCUT2D eigenvalue weighted by Gasteiger charge is 2.17. The van der Waals surface area contributed by atoms with E-state index in [9.17, 15) is 4.79 Å². The Kier molecular flexibility index (Phi) is 2.26. The van der Waals surface area contributed by atoms with Gasteiger partial charge in [-0.15, -0.1) is 16.4 Å². The van der Waals surface area contributed by atoms with Crippen LogP contribution in [0.25, 0.3) is 21.3 Å². The first-order chi connectivity index (χ1) is 8.25. The molecule has 0 fully saturated rings. The molecule has 5 heteroatoms. The summed E-state index contributed by atoms with van der Waals surface area (Å²) in [5, 5.41) is 9.11. The average molecular weight is 243 g/mol. The predicted molar refractivity (Wildman–Crippen MR) is 66.9 cm³/mol. The number of aromatic nitrogens is 2. The SMILES string of the molecule is NC(=O)Cc1sc2ccccc2c2nncc1-2. The minimum Gasteiger partial charge on any atom is -0.369 e. The van der Waals surface area contributed by atoms with Crippen LogP contribution in [0, 0.1) is 0 Å². The van der Waals surface area contributed by atoms with Gasteiger partial charge in [-0.05, 0) is 6.07 Å². The molecule has 1 aromatic rings. The molecule has 84 valence electrons.